The third kappa shape index (κ3) is 3.86. The summed E-state index contributed by atoms with van der Waals surface area (Å²) in [6.07, 6.45) is 4.71. The average molecular weight is 293 g/mol. The Kier molecular flexibility index (Phi) is 4.79. The predicted molar refractivity (Wildman–Crippen MR) is 73.8 cm³/mol. The summed E-state index contributed by atoms with van der Waals surface area (Å²) in [5.74, 6) is -0.808. The summed E-state index contributed by atoms with van der Waals surface area (Å²) >= 11 is 5.83. The second kappa shape index (κ2) is 6.77. The minimum absolute atomic E-state index is 0.128. The van der Waals surface area contributed by atoms with Gasteiger partial charge in [-0.15, -0.1) is 0 Å². The molecule has 0 unspecified atom stereocenters. The molecule has 1 amide bonds. The van der Waals surface area contributed by atoms with Crippen LogP contribution in [0, 0.1) is 5.82 Å². The van der Waals surface area contributed by atoms with E-state index in [1.54, 1.807) is 23.0 Å². The van der Waals surface area contributed by atoms with Gasteiger partial charge in [0.2, 0.25) is 6.54 Å². The lowest BCUT2D eigenvalue weighted by molar-refractivity contribution is -0.684. The van der Waals surface area contributed by atoms with Crippen molar-refractivity contribution in [3.8, 4) is 0 Å². The van der Waals surface area contributed by atoms with Crippen molar-refractivity contribution in [2.45, 2.75) is 6.54 Å². The van der Waals surface area contributed by atoms with E-state index in [2.05, 4.69) is 10.5 Å². The van der Waals surface area contributed by atoms with Crippen LogP contribution in [0.1, 0.15) is 5.56 Å². The Morgan fingerprint density at radius 1 is 1.30 bits per heavy atom. The molecule has 6 heteroatoms. The number of nitrogens with zero attached hydrogens (tertiary/aromatic N) is 2. The van der Waals surface area contributed by atoms with Gasteiger partial charge < -0.3 is 0 Å². The Labute approximate surface area is 120 Å². The number of halogens is 2. The van der Waals surface area contributed by atoms with Gasteiger partial charge in [0.15, 0.2) is 12.4 Å². The van der Waals surface area contributed by atoms with Gasteiger partial charge in [-0.05, 0) is 12.1 Å². The van der Waals surface area contributed by atoms with Crippen LogP contribution < -0.4 is 9.99 Å². The first-order valence-electron chi connectivity index (χ1n) is 5.87. The maximum Gasteiger partial charge on any atom is 0.305 e. The number of hydrogen-bond donors (Lipinski definition) is 1. The monoisotopic (exact) mass is 292 g/mol. The smallest absolute Gasteiger partial charge is 0.266 e. The van der Waals surface area contributed by atoms with Crippen molar-refractivity contribution >= 4 is 23.7 Å². The molecule has 2 rings (SSSR count). The highest BCUT2D eigenvalue weighted by Crippen LogP contribution is 2.16. The molecule has 20 heavy (non-hydrogen) atoms. The molecule has 0 aliphatic rings. The molecule has 0 aliphatic carbocycles. The maximum absolute atomic E-state index is 13.4. The molecular weight excluding hydrogens is 281 g/mol. The van der Waals surface area contributed by atoms with E-state index in [1.165, 1.54) is 18.3 Å². The topological polar surface area (TPSA) is 45.3 Å². The number of pyridine rings is 1. The second-order valence-corrected chi connectivity index (χ2v) is 4.38. The summed E-state index contributed by atoms with van der Waals surface area (Å²) in [5, 5.41) is 3.93. The third-order valence-corrected chi connectivity index (χ3v) is 2.82. The predicted octanol–water partition coefficient (Wildman–Crippen LogP) is 1.92. The molecule has 0 saturated carbocycles. The van der Waals surface area contributed by atoms with E-state index < -0.39 is 5.82 Å². The standard InChI is InChI=1S/C14H11ClFN3O/c15-12-5-4-6-13(16)11(12)9-17-18-14(20)10-19-7-2-1-3-8-19/h1-9H,10H2/p+1. The van der Waals surface area contributed by atoms with Gasteiger partial charge in [-0.3, -0.25) is 4.79 Å². The summed E-state index contributed by atoms with van der Waals surface area (Å²) in [4.78, 5) is 11.6. The SMILES string of the molecule is O=C(C[n+]1ccccc1)NN=Cc1c(F)cccc1Cl. The van der Waals surface area contributed by atoms with Gasteiger partial charge in [0.05, 0.1) is 11.2 Å². The van der Waals surface area contributed by atoms with Crippen molar-refractivity contribution in [3.05, 3.63) is 65.2 Å². The maximum atomic E-state index is 13.4. The lowest BCUT2D eigenvalue weighted by Gasteiger charge is -1.99. The molecule has 1 aromatic heterocycles. The second-order valence-electron chi connectivity index (χ2n) is 3.98. The molecular formula is C14H12ClFN3O+. The minimum atomic E-state index is -0.493. The highest BCUT2D eigenvalue weighted by Gasteiger charge is 2.07. The molecule has 102 valence electrons. The molecule has 0 atom stereocenters. The molecule has 0 spiro atoms. The number of carbonyl (C=O) groups excluding carboxylic acids is 1. The molecule has 4 nitrogen and oxygen atoms in total. The van der Waals surface area contributed by atoms with E-state index in [9.17, 15) is 9.18 Å². The summed E-state index contributed by atoms with van der Waals surface area (Å²) < 4.78 is 15.1. The summed E-state index contributed by atoms with van der Waals surface area (Å²) in [5.41, 5.74) is 2.46. The quantitative estimate of drug-likeness (QED) is 0.522. The highest BCUT2D eigenvalue weighted by molar-refractivity contribution is 6.33. The lowest BCUT2D eigenvalue weighted by atomic mass is 10.2. The zero-order valence-electron chi connectivity index (χ0n) is 10.5. The van der Waals surface area contributed by atoms with Crippen molar-refractivity contribution in [3.63, 3.8) is 0 Å². The largest absolute Gasteiger partial charge is 0.305 e. The fraction of sp³-hybridized carbons (Fsp3) is 0.0714. The number of benzene rings is 1. The van der Waals surface area contributed by atoms with Crippen molar-refractivity contribution in [2.75, 3.05) is 0 Å². The molecule has 0 fully saturated rings. The Bertz CT molecular complexity index is 611. The molecule has 0 aliphatic heterocycles. The van der Waals surface area contributed by atoms with Crippen LogP contribution in [-0.4, -0.2) is 12.1 Å². The number of hydrazone groups is 1. The van der Waals surface area contributed by atoms with Crippen molar-refractivity contribution in [1.82, 2.24) is 5.43 Å². The Morgan fingerprint density at radius 3 is 2.75 bits per heavy atom. The van der Waals surface area contributed by atoms with Crippen LogP contribution in [0.5, 0.6) is 0 Å². The first-order chi connectivity index (χ1) is 9.66. The van der Waals surface area contributed by atoms with Crippen LogP contribution in [0.4, 0.5) is 4.39 Å². The molecule has 2 aromatic rings. The number of aromatic nitrogens is 1. The van der Waals surface area contributed by atoms with E-state index in [4.69, 9.17) is 11.6 Å². The Hall–Kier alpha value is -2.27. The third-order valence-electron chi connectivity index (χ3n) is 2.49. The van der Waals surface area contributed by atoms with Gasteiger partial charge in [0.25, 0.3) is 0 Å². The number of nitrogens with one attached hydrogen (secondary N) is 1. The Balaban J connectivity index is 1.95. The molecule has 0 bridgehead atoms. The number of rotatable bonds is 4. The van der Waals surface area contributed by atoms with Crippen LogP contribution in [0.3, 0.4) is 0 Å². The zero-order valence-corrected chi connectivity index (χ0v) is 11.2. The van der Waals surface area contributed by atoms with Crippen LogP contribution in [0.15, 0.2) is 53.9 Å². The van der Waals surface area contributed by atoms with E-state index in [1.807, 2.05) is 18.2 Å². The molecule has 1 aromatic carbocycles. The summed E-state index contributed by atoms with van der Waals surface area (Å²) in [7, 11) is 0. The van der Waals surface area contributed by atoms with Crippen molar-refractivity contribution in [2.24, 2.45) is 5.10 Å². The van der Waals surface area contributed by atoms with Crippen LogP contribution in [0.25, 0.3) is 0 Å². The van der Waals surface area contributed by atoms with E-state index in [0.29, 0.717) is 0 Å². The van der Waals surface area contributed by atoms with Gasteiger partial charge in [0.1, 0.15) is 5.82 Å². The van der Waals surface area contributed by atoms with Crippen LogP contribution in [0.2, 0.25) is 5.02 Å². The fourth-order valence-electron chi connectivity index (χ4n) is 1.54. The normalized spacial score (nSPS) is 10.7. The summed E-state index contributed by atoms with van der Waals surface area (Å²) in [6.45, 7) is 0.128. The van der Waals surface area contributed by atoms with Crippen molar-refractivity contribution in [1.29, 1.82) is 0 Å². The number of hydrogen-bond acceptors (Lipinski definition) is 2. The van der Waals surface area contributed by atoms with E-state index in [-0.39, 0.29) is 23.0 Å². The van der Waals surface area contributed by atoms with E-state index >= 15 is 0 Å². The first-order valence-corrected chi connectivity index (χ1v) is 6.24. The van der Waals surface area contributed by atoms with Gasteiger partial charge in [0, 0.05) is 17.7 Å². The van der Waals surface area contributed by atoms with Gasteiger partial charge in [-0.25, -0.2) is 9.82 Å². The molecule has 1 heterocycles. The van der Waals surface area contributed by atoms with Crippen molar-refractivity contribution < 1.29 is 13.8 Å². The van der Waals surface area contributed by atoms with Gasteiger partial charge in [-0.2, -0.15) is 9.67 Å². The minimum Gasteiger partial charge on any atom is -0.266 e. The Morgan fingerprint density at radius 2 is 2.05 bits per heavy atom. The van der Waals surface area contributed by atoms with Crippen LogP contribution >= 0.6 is 11.6 Å². The zero-order chi connectivity index (χ0) is 14.4. The average Bonchev–Trinajstić information content (AvgIpc) is 2.43. The fourth-order valence-corrected chi connectivity index (χ4v) is 1.76. The van der Waals surface area contributed by atoms with E-state index in [0.717, 1.165) is 0 Å². The number of amides is 1. The van der Waals surface area contributed by atoms with Gasteiger partial charge >= 0.3 is 5.91 Å². The molecule has 0 saturated heterocycles. The lowest BCUT2D eigenvalue weighted by Crippen LogP contribution is -2.40. The molecule has 1 N–H and O–H groups in total. The summed E-state index contributed by atoms with van der Waals surface area (Å²) in [6, 6.07) is 9.81. The van der Waals surface area contributed by atoms with Crippen LogP contribution in [-0.2, 0) is 11.3 Å². The number of carbonyl (C=O) groups is 1. The first kappa shape index (κ1) is 14.1. The highest BCUT2D eigenvalue weighted by atomic mass is 35.5. The molecule has 0 radical (unpaired) electrons. The van der Waals surface area contributed by atoms with Gasteiger partial charge in [-0.1, -0.05) is 23.7 Å².